The molecule has 0 bridgehead atoms. The summed E-state index contributed by atoms with van der Waals surface area (Å²) in [5.74, 6) is 0.370. The number of aryl methyl sites for hydroxylation is 1. The van der Waals surface area contributed by atoms with Crippen molar-refractivity contribution in [2.24, 2.45) is 0 Å². The lowest BCUT2D eigenvalue weighted by molar-refractivity contribution is -0.131. The second-order valence-electron chi connectivity index (χ2n) is 9.52. The first-order chi connectivity index (χ1) is 17.8. The van der Waals surface area contributed by atoms with Crippen LogP contribution in [0.4, 0.5) is 20.7 Å². The van der Waals surface area contributed by atoms with Gasteiger partial charge in [0.05, 0.1) is 5.69 Å². The number of benzene rings is 2. The van der Waals surface area contributed by atoms with Crippen LogP contribution >= 0.6 is 0 Å². The van der Waals surface area contributed by atoms with Gasteiger partial charge in [0.1, 0.15) is 12.4 Å². The van der Waals surface area contributed by atoms with E-state index in [0.29, 0.717) is 31.0 Å². The van der Waals surface area contributed by atoms with E-state index in [1.165, 1.54) is 12.1 Å². The minimum absolute atomic E-state index is 0.0154. The Kier molecular flexibility index (Phi) is 8.32. The molecular formula is C28H33FN6O2. The van der Waals surface area contributed by atoms with E-state index in [2.05, 4.69) is 20.4 Å². The maximum Gasteiger partial charge on any atom is 0.322 e. The highest BCUT2D eigenvalue weighted by molar-refractivity contribution is 5.92. The summed E-state index contributed by atoms with van der Waals surface area (Å²) in [5.41, 5.74) is 3.28. The minimum Gasteiger partial charge on any atom is -0.353 e. The SMILES string of the molecule is Cc1ccc(NC(=O)N(CC(=O)N2CCCN(c3ccc(-c4ccc(F)cc4)nn3)CC2)C(C)C)cc1. The number of aromatic nitrogens is 2. The average Bonchev–Trinajstić information content (AvgIpc) is 3.15. The Hall–Kier alpha value is -4.01. The van der Waals surface area contributed by atoms with Gasteiger partial charge in [-0.15, -0.1) is 10.2 Å². The van der Waals surface area contributed by atoms with E-state index in [9.17, 15) is 14.0 Å². The van der Waals surface area contributed by atoms with Crippen LogP contribution in [0.1, 0.15) is 25.8 Å². The summed E-state index contributed by atoms with van der Waals surface area (Å²) in [6.45, 7) is 8.32. The van der Waals surface area contributed by atoms with Gasteiger partial charge in [0.2, 0.25) is 5.91 Å². The summed E-state index contributed by atoms with van der Waals surface area (Å²) in [4.78, 5) is 31.6. The van der Waals surface area contributed by atoms with Gasteiger partial charge in [0, 0.05) is 43.5 Å². The van der Waals surface area contributed by atoms with Crippen LogP contribution in [-0.2, 0) is 4.79 Å². The van der Waals surface area contributed by atoms with Crippen LogP contribution in [0, 0.1) is 12.7 Å². The molecule has 1 saturated heterocycles. The predicted molar refractivity (Wildman–Crippen MR) is 143 cm³/mol. The Balaban J connectivity index is 1.34. The standard InChI is InChI=1S/C28H33FN6O2/c1-20(2)35(28(37)30-24-11-5-21(3)6-12-24)19-27(36)34-16-4-15-33(17-18-34)26-14-13-25(31-32-26)22-7-9-23(29)10-8-22/h5-14,20H,4,15-19H2,1-3H3,(H,30,37). The van der Waals surface area contributed by atoms with Gasteiger partial charge >= 0.3 is 6.03 Å². The van der Waals surface area contributed by atoms with Gasteiger partial charge in [-0.3, -0.25) is 4.79 Å². The van der Waals surface area contributed by atoms with Gasteiger partial charge in [0.25, 0.3) is 0 Å². The molecule has 4 rings (SSSR count). The number of carbonyl (C=O) groups is 2. The maximum atomic E-state index is 13.2. The van der Waals surface area contributed by atoms with Crippen LogP contribution in [0.3, 0.4) is 0 Å². The van der Waals surface area contributed by atoms with Gasteiger partial charge in [0.15, 0.2) is 5.82 Å². The van der Waals surface area contributed by atoms with Crippen molar-refractivity contribution in [3.63, 3.8) is 0 Å². The van der Waals surface area contributed by atoms with E-state index in [4.69, 9.17) is 0 Å². The first-order valence-electron chi connectivity index (χ1n) is 12.6. The van der Waals surface area contributed by atoms with E-state index in [0.717, 1.165) is 29.9 Å². The summed E-state index contributed by atoms with van der Waals surface area (Å²) < 4.78 is 13.2. The van der Waals surface area contributed by atoms with E-state index in [-0.39, 0.29) is 30.3 Å². The molecule has 2 heterocycles. The number of amides is 3. The molecule has 8 nitrogen and oxygen atoms in total. The number of nitrogens with one attached hydrogen (secondary N) is 1. The molecule has 0 aliphatic carbocycles. The van der Waals surface area contributed by atoms with Crippen molar-refractivity contribution >= 4 is 23.4 Å². The van der Waals surface area contributed by atoms with Crippen LogP contribution in [0.5, 0.6) is 0 Å². The number of hydrogen-bond acceptors (Lipinski definition) is 5. The van der Waals surface area contributed by atoms with Crippen molar-refractivity contribution in [3.8, 4) is 11.3 Å². The number of rotatable bonds is 6. The van der Waals surface area contributed by atoms with Crippen LogP contribution in [0.2, 0.25) is 0 Å². The molecule has 1 aliphatic rings. The second-order valence-corrected chi connectivity index (χ2v) is 9.52. The lowest BCUT2D eigenvalue weighted by Crippen LogP contribution is -2.48. The lowest BCUT2D eigenvalue weighted by atomic mass is 10.1. The Morgan fingerprint density at radius 1 is 0.946 bits per heavy atom. The monoisotopic (exact) mass is 504 g/mol. The van der Waals surface area contributed by atoms with Gasteiger partial charge in [-0.2, -0.15) is 0 Å². The maximum absolute atomic E-state index is 13.2. The molecule has 37 heavy (non-hydrogen) atoms. The molecule has 194 valence electrons. The fraction of sp³-hybridized carbons (Fsp3) is 0.357. The molecule has 0 unspecified atom stereocenters. The summed E-state index contributed by atoms with van der Waals surface area (Å²) in [7, 11) is 0. The highest BCUT2D eigenvalue weighted by Gasteiger charge is 2.25. The largest absolute Gasteiger partial charge is 0.353 e. The predicted octanol–water partition coefficient (Wildman–Crippen LogP) is 4.57. The summed E-state index contributed by atoms with van der Waals surface area (Å²) in [5, 5.41) is 11.6. The van der Waals surface area contributed by atoms with E-state index >= 15 is 0 Å². The third-order valence-electron chi connectivity index (χ3n) is 6.46. The first kappa shape index (κ1) is 26.1. The Morgan fingerprint density at radius 2 is 1.68 bits per heavy atom. The van der Waals surface area contributed by atoms with Crippen molar-refractivity contribution in [2.75, 3.05) is 42.9 Å². The fourth-order valence-corrected chi connectivity index (χ4v) is 4.23. The van der Waals surface area contributed by atoms with Crippen LogP contribution in [0.25, 0.3) is 11.3 Å². The van der Waals surface area contributed by atoms with E-state index in [1.54, 1.807) is 17.0 Å². The molecule has 0 radical (unpaired) electrons. The lowest BCUT2D eigenvalue weighted by Gasteiger charge is -2.29. The molecular weight excluding hydrogens is 471 g/mol. The zero-order valence-electron chi connectivity index (χ0n) is 21.5. The molecule has 1 fully saturated rings. The van der Waals surface area contributed by atoms with E-state index in [1.807, 2.05) is 62.1 Å². The zero-order chi connectivity index (χ0) is 26.4. The van der Waals surface area contributed by atoms with Gasteiger partial charge in [-0.05, 0) is 75.7 Å². The zero-order valence-corrected chi connectivity index (χ0v) is 21.5. The van der Waals surface area contributed by atoms with Crippen LogP contribution in [-0.4, -0.2) is 70.7 Å². The first-order valence-corrected chi connectivity index (χ1v) is 12.6. The molecule has 9 heteroatoms. The van der Waals surface area contributed by atoms with Crippen LogP contribution < -0.4 is 10.2 Å². The molecule has 3 amide bonds. The number of anilines is 2. The highest BCUT2D eigenvalue weighted by atomic mass is 19.1. The Morgan fingerprint density at radius 3 is 2.32 bits per heavy atom. The van der Waals surface area contributed by atoms with E-state index < -0.39 is 0 Å². The normalized spacial score (nSPS) is 13.9. The summed E-state index contributed by atoms with van der Waals surface area (Å²) in [6, 6.07) is 17.1. The molecule has 1 N–H and O–H groups in total. The number of hydrogen-bond donors (Lipinski definition) is 1. The third-order valence-corrected chi connectivity index (χ3v) is 6.46. The summed E-state index contributed by atoms with van der Waals surface area (Å²) >= 11 is 0. The molecule has 0 atom stereocenters. The molecule has 3 aromatic rings. The minimum atomic E-state index is -0.292. The average molecular weight is 505 g/mol. The molecule has 1 aliphatic heterocycles. The van der Waals surface area contributed by atoms with Crippen molar-refractivity contribution in [2.45, 2.75) is 33.2 Å². The molecule has 1 aromatic heterocycles. The smallest absolute Gasteiger partial charge is 0.322 e. The molecule has 0 spiro atoms. The Bertz CT molecular complexity index is 1200. The van der Waals surface area contributed by atoms with Crippen molar-refractivity contribution in [1.82, 2.24) is 20.0 Å². The van der Waals surface area contributed by atoms with Gasteiger partial charge in [-0.1, -0.05) is 17.7 Å². The number of urea groups is 1. The quantitative estimate of drug-likeness (QED) is 0.532. The van der Waals surface area contributed by atoms with Crippen molar-refractivity contribution < 1.29 is 14.0 Å². The topological polar surface area (TPSA) is 81.7 Å². The third kappa shape index (κ3) is 6.81. The fourth-order valence-electron chi connectivity index (χ4n) is 4.23. The number of nitrogens with zero attached hydrogens (tertiary/aromatic N) is 5. The molecule has 2 aromatic carbocycles. The van der Waals surface area contributed by atoms with Crippen LogP contribution in [0.15, 0.2) is 60.7 Å². The summed E-state index contributed by atoms with van der Waals surface area (Å²) in [6.07, 6.45) is 0.782. The van der Waals surface area contributed by atoms with Gasteiger partial charge in [-0.25, -0.2) is 9.18 Å². The Labute approximate surface area is 217 Å². The van der Waals surface area contributed by atoms with Crippen molar-refractivity contribution in [1.29, 1.82) is 0 Å². The molecule has 0 saturated carbocycles. The van der Waals surface area contributed by atoms with Crippen molar-refractivity contribution in [3.05, 3.63) is 72.0 Å². The van der Waals surface area contributed by atoms with Gasteiger partial charge < -0.3 is 20.0 Å². The number of halogens is 1. The number of carbonyl (C=O) groups excluding carboxylic acids is 2. The second kappa shape index (κ2) is 11.8. The highest BCUT2D eigenvalue weighted by Crippen LogP contribution is 2.20.